The molecule has 0 fully saturated rings. The summed E-state index contributed by atoms with van der Waals surface area (Å²) in [5.41, 5.74) is -0.424. The van der Waals surface area contributed by atoms with Gasteiger partial charge in [-0.1, -0.05) is 0 Å². The van der Waals surface area contributed by atoms with Crippen molar-refractivity contribution in [3.05, 3.63) is 16.4 Å². The van der Waals surface area contributed by atoms with Gasteiger partial charge in [-0.3, -0.25) is 9.48 Å². The lowest BCUT2D eigenvalue weighted by Crippen LogP contribution is -2.21. The third kappa shape index (κ3) is 2.28. The van der Waals surface area contributed by atoms with Crippen LogP contribution in [-0.4, -0.2) is 20.9 Å². The molecule has 0 unspecified atom stereocenters. The van der Waals surface area contributed by atoms with Crippen LogP contribution in [0.25, 0.3) is 0 Å². The van der Waals surface area contributed by atoms with Crippen molar-refractivity contribution in [2.75, 3.05) is 0 Å². The van der Waals surface area contributed by atoms with Gasteiger partial charge in [0.15, 0.2) is 0 Å². The lowest BCUT2D eigenvalue weighted by molar-refractivity contribution is -0.146. The van der Waals surface area contributed by atoms with Gasteiger partial charge in [0.1, 0.15) is 16.7 Å². The smallest absolute Gasteiger partial charge is 0.309 e. The van der Waals surface area contributed by atoms with E-state index < -0.39 is 24.0 Å². The summed E-state index contributed by atoms with van der Waals surface area (Å²) in [5, 5.41) is 11.9. The number of aryl methyl sites for hydroxylation is 1. The molecule has 0 aliphatic heterocycles. The standard InChI is InChI=1S/C7H7BrF2N2O2/c1-12-4(2-5(8)11-12)7(9,10)3-6(13)14/h2H,3H2,1H3,(H,13,14). The van der Waals surface area contributed by atoms with Gasteiger partial charge in [0.05, 0.1) is 0 Å². The zero-order valence-corrected chi connectivity index (χ0v) is 8.75. The number of carboxylic acid groups (broad SMARTS) is 1. The minimum absolute atomic E-state index is 0.250. The van der Waals surface area contributed by atoms with Gasteiger partial charge in [0, 0.05) is 7.05 Å². The number of hydrogen-bond donors (Lipinski definition) is 1. The minimum atomic E-state index is -3.40. The fourth-order valence-corrected chi connectivity index (χ4v) is 1.51. The molecule has 1 aromatic heterocycles. The number of halogens is 3. The van der Waals surface area contributed by atoms with Crippen LogP contribution in [0.3, 0.4) is 0 Å². The molecule has 7 heteroatoms. The van der Waals surface area contributed by atoms with Crippen molar-refractivity contribution in [2.45, 2.75) is 12.3 Å². The highest BCUT2D eigenvalue weighted by atomic mass is 79.9. The first-order chi connectivity index (χ1) is 6.33. The van der Waals surface area contributed by atoms with Gasteiger partial charge in [0.25, 0.3) is 5.92 Å². The van der Waals surface area contributed by atoms with Gasteiger partial charge in [-0.2, -0.15) is 13.9 Å². The average molecular weight is 269 g/mol. The van der Waals surface area contributed by atoms with Crippen LogP contribution >= 0.6 is 15.9 Å². The highest BCUT2D eigenvalue weighted by Crippen LogP contribution is 2.32. The van der Waals surface area contributed by atoms with E-state index in [1.54, 1.807) is 0 Å². The fraction of sp³-hybridized carbons (Fsp3) is 0.429. The molecule has 1 heterocycles. The molecule has 4 nitrogen and oxygen atoms in total. The molecule has 0 spiro atoms. The quantitative estimate of drug-likeness (QED) is 0.909. The van der Waals surface area contributed by atoms with Crippen LogP contribution in [0.15, 0.2) is 10.7 Å². The summed E-state index contributed by atoms with van der Waals surface area (Å²) in [6.07, 6.45) is -1.24. The first kappa shape index (κ1) is 11.1. The number of carbonyl (C=O) groups is 1. The van der Waals surface area contributed by atoms with Gasteiger partial charge in [-0.05, 0) is 22.0 Å². The lowest BCUT2D eigenvalue weighted by atomic mass is 10.2. The Bertz CT molecular complexity index is 365. The number of carboxylic acids is 1. The summed E-state index contributed by atoms with van der Waals surface area (Å²) < 4.78 is 27.6. The normalized spacial score (nSPS) is 11.7. The minimum Gasteiger partial charge on any atom is -0.481 e. The summed E-state index contributed by atoms with van der Waals surface area (Å²) in [4.78, 5) is 10.2. The Hall–Kier alpha value is -0.980. The molecule has 1 aromatic rings. The van der Waals surface area contributed by atoms with Crippen LogP contribution in [0.4, 0.5) is 8.78 Å². The van der Waals surface area contributed by atoms with Crippen LogP contribution in [0.2, 0.25) is 0 Å². The Morgan fingerprint density at radius 2 is 2.36 bits per heavy atom. The number of nitrogens with zero attached hydrogens (tertiary/aromatic N) is 2. The van der Waals surface area contributed by atoms with Crippen molar-refractivity contribution in [1.82, 2.24) is 9.78 Å². The van der Waals surface area contributed by atoms with Crippen molar-refractivity contribution >= 4 is 21.9 Å². The van der Waals surface area contributed by atoms with E-state index in [1.807, 2.05) is 0 Å². The number of aromatic nitrogens is 2. The molecular weight excluding hydrogens is 262 g/mol. The van der Waals surface area contributed by atoms with E-state index in [1.165, 1.54) is 7.05 Å². The van der Waals surface area contributed by atoms with Crippen LogP contribution in [0.1, 0.15) is 12.1 Å². The maximum absolute atomic E-state index is 13.2. The molecule has 0 aromatic carbocycles. The molecule has 0 atom stereocenters. The molecule has 0 bridgehead atoms. The zero-order valence-electron chi connectivity index (χ0n) is 7.17. The second-order valence-corrected chi connectivity index (χ2v) is 3.56. The number of alkyl halides is 2. The molecule has 0 saturated heterocycles. The predicted octanol–water partition coefficient (Wildman–Crippen LogP) is 1.75. The fourth-order valence-electron chi connectivity index (χ4n) is 1.06. The van der Waals surface area contributed by atoms with E-state index in [0.29, 0.717) is 0 Å². The molecule has 14 heavy (non-hydrogen) atoms. The van der Waals surface area contributed by atoms with Crippen LogP contribution in [-0.2, 0) is 17.8 Å². The molecule has 0 radical (unpaired) electrons. The molecule has 0 aliphatic rings. The highest BCUT2D eigenvalue weighted by Gasteiger charge is 2.37. The predicted molar refractivity (Wildman–Crippen MR) is 47.1 cm³/mol. The first-order valence-electron chi connectivity index (χ1n) is 3.62. The summed E-state index contributed by atoms with van der Waals surface area (Å²) in [7, 11) is 1.33. The summed E-state index contributed by atoms with van der Waals surface area (Å²) in [6.45, 7) is 0. The van der Waals surface area contributed by atoms with Gasteiger partial charge >= 0.3 is 5.97 Å². The van der Waals surface area contributed by atoms with Crippen LogP contribution < -0.4 is 0 Å². The van der Waals surface area contributed by atoms with Crippen LogP contribution in [0, 0.1) is 0 Å². The topological polar surface area (TPSA) is 55.1 Å². The SMILES string of the molecule is Cn1nc(Br)cc1C(F)(F)CC(=O)O. The molecule has 0 saturated carbocycles. The third-order valence-corrected chi connectivity index (χ3v) is 1.99. The van der Waals surface area contributed by atoms with Gasteiger partial charge < -0.3 is 5.11 Å². The Morgan fingerprint density at radius 3 is 2.71 bits per heavy atom. The molecule has 1 rings (SSSR count). The highest BCUT2D eigenvalue weighted by molar-refractivity contribution is 9.10. The Kier molecular flexibility index (Phi) is 2.89. The molecular formula is C7H7BrF2N2O2. The molecule has 0 amide bonds. The Morgan fingerprint density at radius 1 is 1.79 bits per heavy atom. The van der Waals surface area contributed by atoms with E-state index in [9.17, 15) is 13.6 Å². The lowest BCUT2D eigenvalue weighted by Gasteiger charge is -2.13. The number of rotatable bonds is 3. The van der Waals surface area contributed by atoms with Crippen molar-refractivity contribution in [2.24, 2.45) is 7.05 Å². The third-order valence-electron chi connectivity index (χ3n) is 1.60. The average Bonchev–Trinajstić information content (AvgIpc) is 2.27. The van der Waals surface area contributed by atoms with Gasteiger partial charge in [-0.25, -0.2) is 0 Å². The van der Waals surface area contributed by atoms with Crippen molar-refractivity contribution in [1.29, 1.82) is 0 Å². The van der Waals surface area contributed by atoms with E-state index in [4.69, 9.17) is 5.11 Å². The number of hydrogen-bond acceptors (Lipinski definition) is 2. The van der Waals surface area contributed by atoms with E-state index in [0.717, 1.165) is 10.7 Å². The largest absolute Gasteiger partial charge is 0.481 e. The van der Waals surface area contributed by atoms with Crippen molar-refractivity contribution in [3.63, 3.8) is 0 Å². The van der Waals surface area contributed by atoms with E-state index in [2.05, 4.69) is 21.0 Å². The van der Waals surface area contributed by atoms with E-state index >= 15 is 0 Å². The Balaban J connectivity index is 3.02. The van der Waals surface area contributed by atoms with Crippen molar-refractivity contribution < 1.29 is 18.7 Å². The maximum atomic E-state index is 13.2. The molecule has 78 valence electrons. The van der Waals surface area contributed by atoms with Crippen LogP contribution in [0.5, 0.6) is 0 Å². The Labute approximate surface area is 86.7 Å². The van der Waals surface area contributed by atoms with Crippen molar-refractivity contribution in [3.8, 4) is 0 Å². The first-order valence-corrected chi connectivity index (χ1v) is 4.42. The second-order valence-electron chi connectivity index (χ2n) is 2.75. The molecule has 0 aliphatic carbocycles. The van der Waals surface area contributed by atoms with E-state index in [-0.39, 0.29) is 4.60 Å². The summed E-state index contributed by atoms with van der Waals surface area (Å²) >= 11 is 2.93. The maximum Gasteiger partial charge on any atom is 0.309 e. The second kappa shape index (κ2) is 3.64. The zero-order chi connectivity index (χ0) is 10.9. The van der Waals surface area contributed by atoms with Gasteiger partial charge in [0.2, 0.25) is 0 Å². The molecule has 1 N–H and O–H groups in total. The summed E-state index contributed by atoms with van der Waals surface area (Å²) in [5.74, 6) is -4.95. The van der Waals surface area contributed by atoms with Gasteiger partial charge in [-0.15, -0.1) is 0 Å². The number of aliphatic carboxylic acids is 1. The monoisotopic (exact) mass is 268 g/mol. The summed E-state index contributed by atoms with van der Waals surface area (Å²) in [6, 6.07) is 1.10.